The van der Waals surface area contributed by atoms with Gasteiger partial charge in [-0.1, -0.05) is 12.1 Å². The van der Waals surface area contributed by atoms with Gasteiger partial charge >= 0.3 is 0 Å². The van der Waals surface area contributed by atoms with Gasteiger partial charge < -0.3 is 16.0 Å². The molecule has 3 N–H and O–H groups in total. The van der Waals surface area contributed by atoms with Gasteiger partial charge in [-0.2, -0.15) is 0 Å². The summed E-state index contributed by atoms with van der Waals surface area (Å²) in [6.07, 6.45) is 2.08. The summed E-state index contributed by atoms with van der Waals surface area (Å²) in [4.78, 5) is 29.7. The number of amides is 2. The molecule has 1 aliphatic rings. The summed E-state index contributed by atoms with van der Waals surface area (Å²) in [6, 6.07) is 9.42. The number of hydrogen-bond donors (Lipinski definition) is 2. The summed E-state index contributed by atoms with van der Waals surface area (Å²) in [7, 11) is 0. The van der Waals surface area contributed by atoms with E-state index in [0.717, 1.165) is 0 Å². The van der Waals surface area contributed by atoms with Gasteiger partial charge in [0.05, 0.1) is 17.2 Å². The third-order valence-electron chi connectivity index (χ3n) is 4.04. The number of hydrogen-bond acceptors (Lipinski definition) is 4. The molecule has 0 spiro atoms. The molecule has 0 saturated carbocycles. The van der Waals surface area contributed by atoms with E-state index < -0.39 is 11.7 Å². The Hall–Kier alpha value is -2.96. The molecule has 2 heterocycles. The second-order valence-corrected chi connectivity index (χ2v) is 5.64. The highest BCUT2D eigenvalue weighted by molar-refractivity contribution is 5.99. The molecule has 0 radical (unpaired) electrons. The fourth-order valence-electron chi connectivity index (χ4n) is 2.71. The molecule has 2 amide bonds. The van der Waals surface area contributed by atoms with Gasteiger partial charge in [0.1, 0.15) is 11.6 Å². The van der Waals surface area contributed by atoms with E-state index in [0.29, 0.717) is 25.1 Å². The third-order valence-corrected chi connectivity index (χ3v) is 4.04. The number of anilines is 2. The lowest BCUT2D eigenvalue weighted by Crippen LogP contribution is -2.32. The van der Waals surface area contributed by atoms with Gasteiger partial charge in [0.25, 0.3) is 5.91 Å². The van der Waals surface area contributed by atoms with Crippen LogP contribution < -0.4 is 11.1 Å². The van der Waals surface area contributed by atoms with E-state index >= 15 is 0 Å². The van der Waals surface area contributed by atoms with Crippen LogP contribution in [-0.2, 0) is 4.79 Å². The van der Waals surface area contributed by atoms with Crippen molar-refractivity contribution in [3.8, 4) is 0 Å². The molecule has 24 heavy (non-hydrogen) atoms. The Labute approximate surface area is 138 Å². The van der Waals surface area contributed by atoms with E-state index in [1.165, 1.54) is 12.3 Å². The highest BCUT2D eigenvalue weighted by Gasteiger charge is 2.31. The number of nitrogens with two attached hydrogens (primary N) is 1. The number of likely N-dealkylation sites (tertiary alicyclic amines) is 1. The number of pyridine rings is 1. The van der Waals surface area contributed by atoms with Crippen molar-refractivity contribution in [2.45, 2.75) is 6.42 Å². The summed E-state index contributed by atoms with van der Waals surface area (Å²) >= 11 is 0. The standard InChI is InChI=1S/C17H17FN4O2/c18-13-5-1-2-6-14(13)21-16-12(4-3-8-20-16)17(24)22-9-7-11(10-22)15(19)23/h1-6,8,11H,7,9-10H2,(H2,19,23)(H,20,21)/t11-/m0/s1. The first-order chi connectivity index (χ1) is 11.6. The number of carbonyl (C=O) groups is 2. The van der Waals surface area contributed by atoms with Crippen molar-refractivity contribution >= 4 is 23.3 Å². The molecule has 1 aromatic carbocycles. The quantitative estimate of drug-likeness (QED) is 0.897. The fourth-order valence-corrected chi connectivity index (χ4v) is 2.71. The summed E-state index contributed by atoms with van der Waals surface area (Å²) in [5.74, 6) is -1.15. The average molecular weight is 328 g/mol. The summed E-state index contributed by atoms with van der Waals surface area (Å²) in [5.41, 5.74) is 5.87. The highest BCUT2D eigenvalue weighted by Crippen LogP contribution is 2.24. The normalized spacial score (nSPS) is 16.9. The van der Waals surface area contributed by atoms with Crippen LogP contribution in [0.1, 0.15) is 16.8 Å². The Morgan fingerprint density at radius 1 is 1.25 bits per heavy atom. The molecule has 3 rings (SSSR count). The van der Waals surface area contributed by atoms with Crippen molar-refractivity contribution in [2.75, 3.05) is 18.4 Å². The first kappa shape index (κ1) is 15.9. The number of halogens is 1. The first-order valence-corrected chi connectivity index (χ1v) is 7.61. The molecular formula is C17H17FN4O2. The molecule has 0 aliphatic carbocycles. The molecule has 1 fully saturated rings. The molecule has 1 aliphatic heterocycles. The fraction of sp³-hybridized carbons (Fsp3) is 0.235. The van der Waals surface area contributed by atoms with Crippen LogP contribution in [0.4, 0.5) is 15.9 Å². The van der Waals surface area contributed by atoms with Crippen LogP contribution in [0.3, 0.4) is 0 Å². The van der Waals surface area contributed by atoms with Crippen LogP contribution in [0.5, 0.6) is 0 Å². The molecule has 2 aromatic rings. The third kappa shape index (κ3) is 3.19. The van der Waals surface area contributed by atoms with Gasteiger partial charge in [0.15, 0.2) is 0 Å². The molecule has 124 valence electrons. The first-order valence-electron chi connectivity index (χ1n) is 7.61. The van der Waals surface area contributed by atoms with Gasteiger partial charge in [-0.05, 0) is 30.7 Å². The zero-order valence-electron chi connectivity index (χ0n) is 12.9. The molecule has 1 saturated heterocycles. The summed E-state index contributed by atoms with van der Waals surface area (Å²) in [6.45, 7) is 0.753. The highest BCUT2D eigenvalue weighted by atomic mass is 19.1. The number of nitrogens with zero attached hydrogens (tertiary/aromatic N) is 2. The Bertz CT molecular complexity index is 781. The minimum atomic E-state index is -0.434. The lowest BCUT2D eigenvalue weighted by atomic mass is 10.1. The van der Waals surface area contributed by atoms with E-state index in [1.54, 1.807) is 35.2 Å². The van der Waals surface area contributed by atoms with E-state index in [9.17, 15) is 14.0 Å². The van der Waals surface area contributed by atoms with Gasteiger partial charge in [-0.25, -0.2) is 9.37 Å². The van der Waals surface area contributed by atoms with Crippen molar-refractivity contribution in [3.63, 3.8) is 0 Å². The van der Waals surface area contributed by atoms with E-state index in [4.69, 9.17) is 5.73 Å². The maximum absolute atomic E-state index is 13.8. The summed E-state index contributed by atoms with van der Waals surface area (Å²) in [5, 5.41) is 2.85. The Balaban J connectivity index is 1.83. The van der Waals surface area contributed by atoms with E-state index in [2.05, 4.69) is 10.3 Å². The predicted molar refractivity (Wildman–Crippen MR) is 87.1 cm³/mol. The lowest BCUT2D eigenvalue weighted by molar-refractivity contribution is -0.121. The Morgan fingerprint density at radius 2 is 2.04 bits per heavy atom. The van der Waals surface area contributed by atoms with Gasteiger partial charge in [-0.3, -0.25) is 9.59 Å². The van der Waals surface area contributed by atoms with E-state index in [-0.39, 0.29) is 23.3 Å². The number of aromatic nitrogens is 1. The second kappa shape index (κ2) is 6.66. The second-order valence-electron chi connectivity index (χ2n) is 5.64. The number of rotatable bonds is 4. The van der Waals surface area contributed by atoms with Crippen molar-refractivity contribution in [2.24, 2.45) is 11.7 Å². The molecule has 7 heteroatoms. The van der Waals surface area contributed by atoms with Crippen molar-refractivity contribution < 1.29 is 14.0 Å². The van der Waals surface area contributed by atoms with Crippen molar-refractivity contribution in [1.82, 2.24) is 9.88 Å². The maximum Gasteiger partial charge on any atom is 0.257 e. The number of carbonyl (C=O) groups excluding carboxylic acids is 2. The molecule has 1 aromatic heterocycles. The summed E-state index contributed by atoms with van der Waals surface area (Å²) < 4.78 is 13.8. The van der Waals surface area contributed by atoms with Crippen LogP contribution in [0.15, 0.2) is 42.6 Å². The topological polar surface area (TPSA) is 88.3 Å². The van der Waals surface area contributed by atoms with Crippen LogP contribution in [0.25, 0.3) is 0 Å². The lowest BCUT2D eigenvalue weighted by Gasteiger charge is -2.18. The molecular weight excluding hydrogens is 311 g/mol. The molecule has 6 nitrogen and oxygen atoms in total. The van der Waals surface area contributed by atoms with Gasteiger partial charge in [-0.15, -0.1) is 0 Å². The number of nitrogens with one attached hydrogen (secondary N) is 1. The molecule has 0 bridgehead atoms. The van der Waals surface area contributed by atoms with Gasteiger partial charge in [0.2, 0.25) is 5.91 Å². The monoisotopic (exact) mass is 328 g/mol. The minimum Gasteiger partial charge on any atom is -0.369 e. The van der Waals surface area contributed by atoms with Crippen LogP contribution in [-0.4, -0.2) is 34.8 Å². The van der Waals surface area contributed by atoms with Crippen LogP contribution in [0.2, 0.25) is 0 Å². The zero-order chi connectivity index (χ0) is 17.1. The smallest absolute Gasteiger partial charge is 0.257 e. The maximum atomic E-state index is 13.8. The van der Waals surface area contributed by atoms with Crippen molar-refractivity contribution in [3.05, 3.63) is 54.0 Å². The Kier molecular flexibility index (Phi) is 4.41. The average Bonchev–Trinajstić information content (AvgIpc) is 3.07. The SMILES string of the molecule is NC(=O)[C@H]1CCN(C(=O)c2cccnc2Nc2ccccc2F)C1. The predicted octanol–water partition coefficient (Wildman–Crippen LogP) is 1.91. The van der Waals surface area contributed by atoms with Crippen LogP contribution in [0, 0.1) is 11.7 Å². The minimum absolute atomic E-state index is 0.238. The Morgan fingerprint density at radius 3 is 2.75 bits per heavy atom. The number of benzene rings is 1. The molecule has 1 atom stereocenters. The van der Waals surface area contributed by atoms with Gasteiger partial charge in [0, 0.05) is 19.3 Å². The number of para-hydroxylation sites is 1. The number of primary amides is 1. The van der Waals surface area contributed by atoms with Crippen LogP contribution >= 0.6 is 0 Å². The molecule has 0 unspecified atom stereocenters. The zero-order valence-corrected chi connectivity index (χ0v) is 12.9. The largest absolute Gasteiger partial charge is 0.369 e. The van der Waals surface area contributed by atoms with E-state index in [1.807, 2.05) is 0 Å². The van der Waals surface area contributed by atoms with Crippen molar-refractivity contribution in [1.29, 1.82) is 0 Å².